The fraction of sp³-hybridized carbons (Fsp3) is 0.138. The molecule has 0 spiro atoms. The lowest BCUT2D eigenvalue weighted by molar-refractivity contribution is -0.122. The van der Waals surface area contributed by atoms with Crippen molar-refractivity contribution in [2.75, 3.05) is 24.7 Å². The highest BCUT2D eigenvalue weighted by Gasteiger charge is 2.32. The molecule has 0 aliphatic carbocycles. The highest BCUT2D eigenvalue weighted by Crippen LogP contribution is 2.33. The Bertz CT molecular complexity index is 1670. The molecule has 0 saturated carbocycles. The van der Waals surface area contributed by atoms with Crippen molar-refractivity contribution >= 4 is 80.6 Å². The molecule has 1 aromatic heterocycles. The monoisotopic (exact) mass is 606 g/mol. The maximum absolute atomic E-state index is 13.5. The van der Waals surface area contributed by atoms with Gasteiger partial charge in [0.15, 0.2) is 5.16 Å². The number of halogens is 1. The summed E-state index contributed by atoms with van der Waals surface area (Å²) in [4.78, 5) is 45.5. The third-order valence-corrected chi connectivity index (χ3v) is 8.39. The van der Waals surface area contributed by atoms with E-state index in [4.69, 9.17) is 17.0 Å². The maximum Gasteiger partial charge on any atom is 0.266 e. The van der Waals surface area contributed by atoms with Crippen molar-refractivity contribution in [3.63, 3.8) is 0 Å². The smallest absolute Gasteiger partial charge is 0.266 e. The van der Waals surface area contributed by atoms with E-state index in [1.54, 1.807) is 67.8 Å². The van der Waals surface area contributed by atoms with Crippen LogP contribution in [0.25, 0.3) is 17.1 Å². The minimum absolute atomic E-state index is 0.0117. The number of rotatable bonds is 9. The fourth-order valence-corrected chi connectivity index (χ4v) is 6.20. The molecule has 1 aliphatic heterocycles. The summed E-state index contributed by atoms with van der Waals surface area (Å²) >= 11 is 7.69. The highest BCUT2D eigenvalue weighted by molar-refractivity contribution is 8.26. The molecule has 4 aromatic rings. The predicted molar refractivity (Wildman–Crippen MR) is 164 cm³/mol. The SMILES string of the molecule is COc1ccc(NC(=O)CSc2nc3ccccc3n2C(=O)CCN2C(=O)C(=Cc3ccc(F)cc3)SC2=S)cc1. The van der Waals surface area contributed by atoms with Crippen LogP contribution in [0.1, 0.15) is 16.8 Å². The third kappa shape index (κ3) is 6.67. The number of anilines is 1. The molecule has 5 rings (SSSR count). The van der Waals surface area contributed by atoms with Crippen LogP contribution < -0.4 is 10.1 Å². The molecule has 0 radical (unpaired) electrons. The fourth-order valence-electron chi connectivity index (χ4n) is 4.07. The maximum atomic E-state index is 13.5. The molecule has 12 heteroatoms. The number of thiocarbonyl (C=S) groups is 1. The van der Waals surface area contributed by atoms with Gasteiger partial charge in [-0.15, -0.1) is 0 Å². The summed E-state index contributed by atoms with van der Waals surface area (Å²) in [5.74, 6) is -0.497. The zero-order valence-corrected chi connectivity index (χ0v) is 24.2. The molecule has 3 aromatic carbocycles. The van der Waals surface area contributed by atoms with E-state index < -0.39 is 0 Å². The minimum Gasteiger partial charge on any atom is -0.497 e. The number of hydrogen-bond acceptors (Lipinski definition) is 8. The summed E-state index contributed by atoms with van der Waals surface area (Å²) < 4.78 is 20.2. The van der Waals surface area contributed by atoms with Gasteiger partial charge < -0.3 is 10.1 Å². The third-order valence-electron chi connectivity index (χ3n) is 6.08. The summed E-state index contributed by atoms with van der Waals surface area (Å²) in [5, 5.41) is 3.20. The second kappa shape index (κ2) is 12.7. The Hall–Kier alpha value is -4.00. The number of hydrogen-bond donors (Lipinski definition) is 1. The second-order valence-electron chi connectivity index (χ2n) is 8.81. The molecule has 208 valence electrons. The molecular weight excluding hydrogens is 584 g/mol. The first-order valence-corrected chi connectivity index (χ1v) is 14.6. The molecule has 1 aliphatic rings. The number of nitrogens with one attached hydrogen (secondary N) is 1. The number of carbonyl (C=O) groups is 3. The number of aromatic nitrogens is 2. The first-order valence-electron chi connectivity index (χ1n) is 12.4. The van der Waals surface area contributed by atoms with E-state index in [0.717, 1.165) is 23.5 Å². The van der Waals surface area contributed by atoms with E-state index in [1.165, 1.54) is 21.6 Å². The van der Waals surface area contributed by atoms with Crippen molar-refractivity contribution in [2.24, 2.45) is 0 Å². The van der Waals surface area contributed by atoms with Gasteiger partial charge >= 0.3 is 0 Å². The van der Waals surface area contributed by atoms with Gasteiger partial charge in [0, 0.05) is 18.7 Å². The number of ether oxygens (including phenoxy) is 1. The molecule has 2 heterocycles. The van der Waals surface area contributed by atoms with E-state index in [-0.39, 0.29) is 42.3 Å². The lowest BCUT2D eigenvalue weighted by Gasteiger charge is -2.15. The molecule has 41 heavy (non-hydrogen) atoms. The Morgan fingerprint density at radius 3 is 2.56 bits per heavy atom. The van der Waals surface area contributed by atoms with Crippen LogP contribution >= 0.6 is 35.7 Å². The van der Waals surface area contributed by atoms with Crippen molar-refractivity contribution < 1.29 is 23.5 Å². The van der Waals surface area contributed by atoms with Crippen LogP contribution in [0.4, 0.5) is 10.1 Å². The van der Waals surface area contributed by atoms with Gasteiger partial charge in [-0.05, 0) is 60.2 Å². The Labute approximate surface area is 248 Å². The lowest BCUT2D eigenvalue weighted by atomic mass is 10.2. The number of imidazole rings is 1. The largest absolute Gasteiger partial charge is 0.497 e. The normalized spacial score (nSPS) is 14.2. The van der Waals surface area contributed by atoms with Gasteiger partial charge in [0.05, 0.1) is 28.8 Å². The van der Waals surface area contributed by atoms with Crippen LogP contribution in [-0.2, 0) is 9.59 Å². The number of amides is 2. The van der Waals surface area contributed by atoms with Crippen molar-refractivity contribution in [3.8, 4) is 5.75 Å². The highest BCUT2D eigenvalue weighted by atomic mass is 32.2. The molecule has 0 unspecified atom stereocenters. The zero-order chi connectivity index (χ0) is 28.9. The molecule has 1 N–H and O–H groups in total. The van der Waals surface area contributed by atoms with E-state index in [2.05, 4.69) is 10.3 Å². The summed E-state index contributed by atoms with van der Waals surface area (Å²) in [5.41, 5.74) is 2.52. The van der Waals surface area contributed by atoms with Crippen LogP contribution in [0.5, 0.6) is 5.75 Å². The van der Waals surface area contributed by atoms with Crippen molar-refractivity contribution in [2.45, 2.75) is 11.6 Å². The minimum atomic E-state index is -0.365. The number of benzene rings is 3. The first kappa shape index (κ1) is 28.5. The average Bonchev–Trinajstić information content (AvgIpc) is 3.48. The quantitative estimate of drug-likeness (QED) is 0.144. The summed E-state index contributed by atoms with van der Waals surface area (Å²) in [7, 11) is 1.57. The molecule has 1 saturated heterocycles. The van der Waals surface area contributed by atoms with Gasteiger partial charge in [0.1, 0.15) is 15.9 Å². The number of carbonyl (C=O) groups excluding carboxylic acids is 3. The summed E-state index contributed by atoms with van der Waals surface area (Å²) in [6.45, 7) is 0.0822. The number of nitrogens with zero attached hydrogens (tertiary/aromatic N) is 3. The van der Waals surface area contributed by atoms with Gasteiger partial charge in [0.2, 0.25) is 11.8 Å². The van der Waals surface area contributed by atoms with Crippen molar-refractivity contribution in [1.82, 2.24) is 14.5 Å². The van der Waals surface area contributed by atoms with Gasteiger partial charge in [-0.25, -0.2) is 9.37 Å². The molecule has 8 nitrogen and oxygen atoms in total. The van der Waals surface area contributed by atoms with Crippen molar-refractivity contribution in [3.05, 3.63) is 89.1 Å². The number of methoxy groups -OCH3 is 1. The molecular formula is C29H23FN4O4S3. The Balaban J connectivity index is 1.26. The van der Waals surface area contributed by atoms with Crippen LogP contribution in [-0.4, -0.2) is 55.9 Å². The van der Waals surface area contributed by atoms with Crippen molar-refractivity contribution in [1.29, 1.82) is 0 Å². The Kier molecular flexibility index (Phi) is 8.81. The topological polar surface area (TPSA) is 93.5 Å². The van der Waals surface area contributed by atoms with E-state index in [9.17, 15) is 18.8 Å². The average molecular weight is 607 g/mol. The lowest BCUT2D eigenvalue weighted by Crippen LogP contribution is -2.31. The van der Waals surface area contributed by atoms with Gasteiger partial charge in [-0.1, -0.05) is 60.0 Å². The standard InChI is InChI=1S/C29H23FN4O4S3/c1-38-21-12-10-20(11-13-21)31-25(35)17-40-28-32-22-4-2-3-5-23(22)34(28)26(36)14-15-33-27(37)24(41-29(33)39)16-18-6-8-19(30)9-7-18/h2-13,16H,14-15,17H2,1H3,(H,31,35). The molecule has 0 bridgehead atoms. The molecule has 2 amide bonds. The summed E-state index contributed by atoms with van der Waals surface area (Å²) in [6, 6.07) is 20.0. The first-order chi connectivity index (χ1) is 19.8. The predicted octanol–water partition coefficient (Wildman–Crippen LogP) is 5.85. The van der Waals surface area contributed by atoms with Crippen LogP contribution in [0, 0.1) is 5.82 Å². The second-order valence-corrected chi connectivity index (χ2v) is 11.4. The van der Waals surface area contributed by atoms with E-state index >= 15 is 0 Å². The summed E-state index contributed by atoms with van der Waals surface area (Å²) in [6.07, 6.45) is 1.64. The van der Waals surface area contributed by atoms with E-state index in [1.807, 2.05) is 6.07 Å². The Morgan fingerprint density at radius 2 is 1.83 bits per heavy atom. The number of thioether (sulfide) groups is 2. The van der Waals surface area contributed by atoms with Crippen LogP contribution in [0.15, 0.2) is 82.9 Å². The molecule has 0 atom stereocenters. The van der Waals surface area contributed by atoms with E-state index in [0.29, 0.717) is 42.4 Å². The van der Waals surface area contributed by atoms with Gasteiger partial charge in [0.25, 0.3) is 5.91 Å². The van der Waals surface area contributed by atoms with Gasteiger partial charge in [-0.3, -0.25) is 23.9 Å². The number of fused-ring (bicyclic) bond motifs is 1. The number of para-hydroxylation sites is 2. The zero-order valence-electron chi connectivity index (χ0n) is 21.7. The van der Waals surface area contributed by atoms with Gasteiger partial charge in [-0.2, -0.15) is 0 Å². The van der Waals surface area contributed by atoms with Crippen LogP contribution in [0.2, 0.25) is 0 Å². The van der Waals surface area contributed by atoms with Crippen LogP contribution in [0.3, 0.4) is 0 Å². The Morgan fingerprint density at radius 1 is 1.10 bits per heavy atom. The molecule has 1 fully saturated rings.